The Morgan fingerprint density at radius 1 is 1.13 bits per heavy atom. The molecule has 2 fully saturated rings. The fraction of sp³-hybridized carbons (Fsp3) is 0.708. The van der Waals surface area contributed by atoms with Crippen molar-refractivity contribution in [3.63, 3.8) is 0 Å². The summed E-state index contributed by atoms with van der Waals surface area (Å²) in [5, 5.41) is 3.66. The van der Waals surface area contributed by atoms with Gasteiger partial charge in [-0.15, -0.1) is 0 Å². The molecule has 2 saturated heterocycles. The number of morpholine rings is 1. The lowest BCUT2D eigenvalue weighted by Crippen LogP contribution is -2.50. The van der Waals surface area contributed by atoms with E-state index in [1.165, 1.54) is 11.1 Å². The normalized spacial score (nSPS) is 20.1. The van der Waals surface area contributed by atoms with E-state index in [4.69, 9.17) is 14.2 Å². The summed E-state index contributed by atoms with van der Waals surface area (Å²) < 4.78 is 16.7. The average Bonchev–Trinajstić information content (AvgIpc) is 2.82. The van der Waals surface area contributed by atoms with Gasteiger partial charge in [-0.05, 0) is 31.7 Å². The van der Waals surface area contributed by atoms with Crippen LogP contribution < -0.4 is 5.32 Å². The molecule has 7 nitrogen and oxygen atoms in total. The summed E-state index contributed by atoms with van der Waals surface area (Å²) in [7, 11) is 3.62. The number of aryl methyl sites for hydroxylation is 1. The Balaban J connectivity index is 1.53. The fourth-order valence-corrected chi connectivity index (χ4v) is 4.34. The lowest BCUT2D eigenvalue weighted by Gasteiger charge is -2.37. The van der Waals surface area contributed by atoms with Gasteiger partial charge in [0, 0.05) is 60.1 Å². The van der Waals surface area contributed by atoms with Gasteiger partial charge >= 0.3 is 0 Å². The molecule has 0 saturated carbocycles. The highest BCUT2D eigenvalue weighted by Crippen LogP contribution is 2.22. The van der Waals surface area contributed by atoms with Crippen molar-refractivity contribution in [1.29, 1.82) is 0 Å². The Morgan fingerprint density at radius 3 is 2.48 bits per heavy atom. The van der Waals surface area contributed by atoms with Crippen molar-refractivity contribution in [2.45, 2.75) is 38.3 Å². The highest BCUT2D eigenvalue weighted by molar-refractivity contribution is 5.80. The van der Waals surface area contributed by atoms with Gasteiger partial charge in [0.15, 0.2) is 5.96 Å². The number of nitrogens with zero attached hydrogens (tertiary/aromatic N) is 3. The molecule has 31 heavy (non-hydrogen) atoms. The van der Waals surface area contributed by atoms with Crippen LogP contribution in [0.3, 0.4) is 0 Å². The van der Waals surface area contributed by atoms with Crippen LogP contribution in [0.4, 0.5) is 0 Å². The molecule has 0 aliphatic carbocycles. The Labute approximate surface area is 187 Å². The minimum Gasteiger partial charge on any atom is -0.385 e. The number of ether oxygens (including phenoxy) is 3. The molecule has 174 valence electrons. The third-order valence-corrected chi connectivity index (χ3v) is 6.20. The van der Waals surface area contributed by atoms with Gasteiger partial charge < -0.3 is 24.4 Å². The number of hydrogen-bond donors (Lipinski definition) is 1. The first-order chi connectivity index (χ1) is 15.2. The van der Waals surface area contributed by atoms with Gasteiger partial charge in [0.05, 0.1) is 25.4 Å². The number of rotatable bonds is 9. The standard InChI is InChI=1S/C24H40N4O3/c1-20-5-7-21(8-6-20)23(27-13-17-30-18-14-27)19-26-24(25-2)28-11-9-22(10-12-28)31-16-4-15-29-3/h5-8,22-23H,4,9-19H2,1-3H3,(H,25,26). The zero-order chi connectivity index (χ0) is 21.9. The van der Waals surface area contributed by atoms with Gasteiger partial charge in [-0.3, -0.25) is 9.89 Å². The maximum atomic E-state index is 6.01. The molecule has 7 heteroatoms. The second-order valence-electron chi connectivity index (χ2n) is 8.41. The molecule has 0 bridgehead atoms. The van der Waals surface area contributed by atoms with Crippen molar-refractivity contribution in [2.24, 2.45) is 4.99 Å². The number of aliphatic imine (C=N–C) groups is 1. The SMILES string of the molecule is CN=C(NCC(c1ccc(C)cc1)N1CCOCC1)N1CCC(OCCCOC)CC1. The second-order valence-corrected chi connectivity index (χ2v) is 8.41. The third-order valence-electron chi connectivity index (χ3n) is 6.20. The molecule has 1 atom stereocenters. The van der Waals surface area contributed by atoms with Crippen molar-refractivity contribution in [2.75, 3.05) is 73.3 Å². The maximum absolute atomic E-state index is 6.01. The lowest BCUT2D eigenvalue weighted by atomic mass is 10.0. The number of guanidine groups is 1. The topological polar surface area (TPSA) is 58.6 Å². The molecular formula is C24H40N4O3. The first-order valence-corrected chi connectivity index (χ1v) is 11.7. The summed E-state index contributed by atoms with van der Waals surface area (Å²) in [5.41, 5.74) is 2.64. The Morgan fingerprint density at radius 2 is 1.84 bits per heavy atom. The van der Waals surface area contributed by atoms with Gasteiger partial charge in [0.25, 0.3) is 0 Å². The summed E-state index contributed by atoms with van der Waals surface area (Å²) in [6.07, 6.45) is 3.39. The minimum absolute atomic E-state index is 0.308. The van der Waals surface area contributed by atoms with E-state index in [1.54, 1.807) is 7.11 Å². The smallest absolute Gasteiger partial charge is 0.193 e. The number of nitrogens with one attached hydrogen (secondary N) is 1. The van der Waals surface area contributed by atoms with Gasteiger partial charge in [0.1, 0.15) is 0 Å². The van der Waals surface area contributed by atoms with Gasteiger partial charge in [-0.25, -0.2) is 0 Å². The van der Waals surface area contributed by atoms with Gasteiger partial charge in [-0.1, -0.05) is 29.8 Å². The quantitative estimate of drug-likeness (QED) is 0.368. The van der Waals surface area contributed by atoms with E-state index < -0.39 is 0 Å². The van der Waals surface area contributed by atoms with E-state index in [1.807, 2.05) is 7.05 Å². The van der Waals surface area contributed by atoms with E-state index in [0.717, 1.165) is 84.4 Å². The number of likely N-dealkylation sites (tertiary alicyclic amines) is 1. The lowest BCUT2D eigenvalue weighted by molar-refractivity contribution is 0.00928. The molecule has 1 unspecified atom stereocenters. The number of methoxy groups -OCH3 is 1. The van der Waals surface area contributed by atoms with E-state index in [-0.39, 0.29) is 0 Å². The van der Waals surface area contributed by atoms with Crippen molar-refractivity contribution in [1.82, 2.24) is 15.1 Å². The van der Waals surface area contributed by atoms with E-state index >= 15 is 0 Å². The molecule has 2 heterocycles. The molecule has 0 amide bonds. The molecular weight excluding hydrogens is 392 g/mol. The van der Waals surface area contributed by atoms with Crippen molar-refractivity contribution >= 4 is 5.96 Å². The molecule has 1 aromatic carbocycles. The highest BCUT2D eigenvalue weighted by atomic mass is 16.5. The van der Waals surface area contributed by atoms with Crippen molar-refractivity contribution in [3.05, 3.63) is 35.4 Å². The van der Waals surface area contributed by atoms with Crippen molar-refractivity contribution < 1.29 is 14.2 Å². The zero-order valence-electron chi connectivity index (χ0n) is 19.5. The van der Waals surface area contributed by atoms with Crippen LogP contribution in [-0.4, -0.2) is 95.2 Å². The zero-order valence-corrected chi connectivity index (χ0v) is 19.5. The second kappa shape index (κ2) is 13.0. The monoisotopic (exact) mass is 432 g/mol. The van der Waals surface area contributed by atoms with Crippen LogP contribution in [0.25, 0.3) is 0 Å². The minimum atomic E-state index is 0.308. The summed E-state index contributed by atoms with van der Waals surface area (Å²) in [4.78, 5) is 9.46. The van der Waals surface area contributed by atoms with Crippen LogP contribution in [0.1, 0.15) is 36.4 Å². The van der Waals surface area contributed by atoms with Crippen LogP contribution in [0.2, 0.25) is 0 Å². The first-order valence-electron chi connectivity index (χ1n) is 11.7. The molecule has 1 aromatic rings. The third kappa shape index (κ3) is 7.45. The van der Waals surface area contributed by atoms with E-state index in [2.05, 4.69) is 51.3 Å². The first kappa shape index (κ1) is 24.0. The molecule has 2 aliphatic rings. The fourth-order valence-electron chi connectivity index (χ4n) is 4.34. The molecule has 1 N–H and O–H groups in total. The predicted molar refractivity (Wildman–Crippen MR) is 125 cm³/mol. The van der Waals surface area contributed by atoms with Crippen LogP contribution in [-0.2, 0) is 14.2 Å². The number of hydrogen-bond acceptors (Lipinski definition) is 5. The predicted octanol–water partition coefficient (Wildman–Crippen LogP) is 2.46. The van der Waals surface area contributed by atoms with Crippen molar-refractivity contribution in [3.8, 4) is 0 Å². The molecule has 3 rings (SSSR count). The average molecular weight is 433 g/mol. The van der Waals surface area contributed by atoms with E-state index in [0.29, 0.717) is 12.1 Å². The van der Waals surface area contributed by atoms with Crippen LogP contribution in [0.5, 0.6) is 0 Å². The highest BCUT2D eigenvalue weighted by Gasteiger charge is 2.25. The Hall–Kier alpha value is -1.67. The number of piperidine rings is 1. The Kier molecular flexibility index (Phi) is 10.1. The Bertz CT molecular complexity index is 653. The molecule has 0 spiro atoms. The van der Waals surface area contributed by atoms with Crippen LogP contribution >= 0.6 is 0 Å². The summed E-state index contributed by atoms with van der Waals surface area (Å²) in [5.74, 6) is 0.989. The largest absolute Gasteiger partial charge is 0.385 e. The maximum Gasteiger partial charge on any atom is 0.193 e. The molecule has 2 aliphatic heterocycles. The van der Waals surface area contributed by atoms with Gasteiger partial charge in [0.2, 0.25) is 0 Å². The summed E-state index contributed by atoms with van der Waals surface area (Å²) in [6, 6.07) is 9.23. The summed E-state index contributed by atoms with van der Waals surface area (Å²) >= 11 is 0. The van der Waals surface area contributed by atoms with E-state index in [9.17, 15) is 0 Å². The number of benzene rings is 1. The van der Waals surface area contributed by atoms with Crippen LogP contribution in [0.15, 0.2) is 29.3 Å². The molecule has 0 radical (unpaired) electrons. The van der Waals surface area contributed by atoms with Gasteiger partial charge in [-0.2, -0.15) is 0 Å². The summed E-state index contributed by atoms with van der Waals surface area (Å²) in [6.45, 7) is 9.99. The molecule has 0 aromatic heterocycles. The van der Waals surface area contributed by atoms with Crippen LogP contribution in [0, 0.1) is 6.92 Å².